The molecule has 0 amide bonds. The number of fused-ring (bicyclic) bond motifs is 1. The summed E-state index contributed by atoms with van der Waals surface area (Å²) in [6.07, 6.45) is 1.18. The third-order valence-corrected chi connectivity index (χ3v) is 6.15. The highest BCUT2D eigenvalue weighted by atomic mass is 79.9. The topological polar surface area (TPSA) is 114 Å². The van der Waals surface area contributed by atoms with Gasteiger partial charge in [0.15, 0.2) is 0 Å². The molecule has 0 spiro atoms. The highest BCUT2D eigenvalue weighted by molar-refractivity contribution is 9.10. The lowest BCUT2D eigenvalue weighted by molar-refractivity contribution is 0.430. The van der Waals surface area contributed by atoms with Crippen LogP contribution in [0, 0.1) is 0 Å². The molecule has 0 aliphatic heterocycles. The van der Waals surface area contributed by atoms with Crippen LogP contribution in [-0.2, 0) is 13.1 Å². The minimum absolute atomic E-state index is 0.118. The van der Waals surface area contributed by atoms with Crippen LogP contribution in [0.15, 0.2) is 60.2 Å². The Kier molecular flexibility index (Phi) is 6.13. The van der Waals surface area contributed by atoms with Gasteiger partial charge in [0, 0.05) is 28.8 Å². The number of aryl methyl sites for hydroxylation is 2. The van der Waals surface area contributed by atoms with Crippen LogP contribution in [0.5, 0.6) is 5.88 Å². The molecule has 2 heterocycles. The Morgan fingerprint density at radius 2 is 1.67 bits per heavy atom. The summed E-state index contributed by atoms with van der Waals surface area (Å²) in [6, 6.07) is 9.71. The van der Waals surface area contributed by atoms with E-state index in [-0.39, 0.29) is 11.3 Å². The summed E-state index contributed by atoms with van der Waals surface area (Å²) in [5, 5.41) is 11.2. The summed E-state index contributed by atoms with van der Waals surface area (Å²) in [5.74, 6) is -0.561. The highest BCUT2D eigenvalue weighted by Crippen LogP contribution is 2.31. The minimum Gasteiger partial charge on any atom is -0.493 e. The molecule has 0 bridgehead atoms. The molecule has 0 fully saturated rings. The number of aromatic amines is 1. The van der Waals surface area contributed by atoms with Crippen molar-refractivity contribution in [1.82, 2.24) is 18.7 Å². The van der Waals surface area contributed by atoms with Gasteiger partial charge in [0.1, 0.15) is 5.56 Å². The maximum absolute atomic E-state index is 12.6. The quantitative estimate of drug-likeness (QED) is 0.383. The van der Waals surface area contributed by atoms with Gasteiger partial charge >= 0.3 is 11.4 Å². The number of aliphatic imine (C=N–C) groups is 1. The first kappa shape index (κ1) is 22.8. The van der Waals surface area contributed by atoms with Gasteiger partial charge in [-0.3, -0.25) is 23.9 Å². The van der Waals surface area contributed by atoms with E-state index in [9.17, 15) is 19.5 Å². The molecule has 4 aromatic rings. The number of aromatic hydroxyl groups is 1. The van der Waals surface area contributed by atoms with Gasteiger partial charge in [0.05, 0.1) is 22.4 Å². The van der Waals surface area contributed by atoms with Gasteiger partial charge in [0.25, 0.3) is 5.56 Å². The monoisotopic (exact) mass is 531 g/mol. The minimum atomic E-state index is -0.799. The SMILES string of the molecule is CCn1c(=O)n(CC)c2cc(N=Cc3c(O)n(-c4ccc(Cl)cc4)c(=O)[nH]c3=O)c(Br)cc21. The molecule has 0 atom stereocenters. The van der Waals surface area contributed by atoms with E-state index in [1.54, 1.807) is 33.4 Å². The van der Waals surface area contributed by atoms with Crippen LogP contribution < -0.4 is 16.9 Å². The van der Waals surface area contributed by atoms with Gasteiger partial charge in [0.2, 0.25) is 5.88 Å². The number of hydrogen-bond donors (Lipinski definition) is 2. The molecule has 170 valence electrons. The fourth-order valence-corrected chi connectivity index (χ4v) is 4.21. The van der Waals surface area contributed by atoms with Crippen LogP contribution in [0.2, 0.25) is 5.02 Å². The highest BCUT2D eigenvalue weighted by Gasteiger charge is 2.16. The molecular weight excluding hydrogens is 514 g/mol. The van der Waals surface area contributed by atoms with Gasteiger partial charge in [-0.05, 0) is 66.2 Å². The van der Waals surface area contributed by atoms with Gasteiger partial charge in [-0.1, -0.05) is 11.6 Å². The third kappa shape index (κ3) is 3.96. The van der Waals surface area contributed by atoms with Crippen molar-refractivity contribution in [1.29, 1.82) is 0 Å². The lowest BCUT2D eigenvalue weighted by atomic mass is 10.2. The second-order valence-electron chi connectivity index (χ2n) is 7.13. The lowest BCUT2D eigenvalue weighted by Crippen LogP contribution is -2.31. The zero-order valence-corrected chi connectivity index (χ0v) is 20.0. The van der Waals surface area contributed by atoms with E-state index in [2.05, 4.69) is 25.9 Å². The second-order valence-corrected chi connectivity index (χ2v) is 8.42. The van der Waals surface area contributed by atoms with E-state index in [0.717, 1.165) is 10.1 Å². The van der Waals surface area contributed by atoms with Gasteiger partial charge in [-0.15, -0.1) is 0 Å². The number of halogens is 2. The van der Waals surface area contributed by atoms with Crippen LogP contribution in [0.1, 0.15) is 19.4 Å². The standard InChI is InChI=1S/C22H19BrClN5O4/c1-3-27-17-9-15(23)16(10-18(17)28(4-2)22(27)33)25-11-14-19(30)26-21(32)29(20(14)31)13-7-5-12(24)6-8-13/h5-11,31H,3-4H2,1-2H3,(H,26,30,32). The van der Waals surface area contributed by atoms with E-state index < -0.39 is 17.1 Å². The zero-order valence-electron chi connectivity index (χ0n) is 17.7. The molecular formula is C22H19BrClN5O4. The lowest BCUT2D eigenvalue weighted by Gasteiger charge is -2.09. The summed E-state index contributed by atoms with van der Waals surface area (Å²) in [7, 11) is 0. The average molecular weight is 533 g/mol. The van der Waals surface area contributed by atoms with Crippen LogP contribution in [-0.4, -0.2) is 30.0 Å². The van der Waals surface area contributed by atoms with Gasteiger partial charge < -0.3 is 5.11 Å². The Bertz CT molecular complexity index is 1580. The molecule has 0 radical (unpaired) electrons. The number of nitrogens with zero attached hydrogens (tertiary/aromatic N) is 4. The number of imidazole rings is 1. The molecule has 2 aromatic heterocycles. The second kappa shape index (κ2) is 8.87. The van der Waals surface area contributed by atoms with E-state index in [0.29, 0.717) is 39.5 Å². The number of H-pyrrole nitrogens is 1. The number of aromatic nitrogens is 4. The normalized spacial score (nSPS) is 11.6. The predicted octanol–water partition coefficient (Wildman–Crippen LogP) is 3.55. The van der Waals surface area contributed by atoms with Crippen molar-refractivity contribution in [2.75, 3.05) is 0 Å². The predicted molar refractivity (Wildman–Crippen MR) is 132 cm³/mol. The number of hydrogen-bond acceptors (Lipinski definition) is 5. The zero-order chi connectivity index (χ0) is 23.9. The summed E-state index contributed by atoms with van der Waals surface area (Å²) in [6.45, 7) is 4.78. The van der Waals surface area contributed by atoms with E-state index in [4.69, 9.17) is 11.6 Å². The number of rotatable bonds is 5. The number of nitrogens with one attached hydrogen (secondary N) is 1. The first-order valence-corrected chi connectivity index (χ1v) is 11.2. The molecule has 2 N–H and O–H groups in total. The Balaban J connectivity index is 1.86. The molecule has 0 saturated heterocycles. The molecule has 0 aliphatic rings. The van der Waals surface area contributed by atoms with Crippen molar-refractivity contribution in [2.45, 2.75) is 26.9 Å². The molecule has 9 nitrogen and oxygen atoms in total. The summed E-state index contributed by atoms with van der Waals surface area (Å²) in [5.41, 5.74) is 0.321. The van der Waals surface area contributed by atoms with E-state index in [1.807, 2.05) is 13.8 Å². The Labute approximate surface area is 200 Å². The first-order chi connectivity index (χ1) is 15.8. The third-order valence-electron chi connectivity index (χ3n) is 5.26. The molecule has 0 aliphatic carbocycles. The van der Waals surface area contributed by atoms with Crippen molar-refractivity contribution < 1.29 is 5.11 Å². The summed E-state index contributed by atoms with van der Waals surface area (Å²) >= 11 is 9.36. The molecule has 0 unspecified atom stereocenters. The van der Waals surface area contributed by atoms with Crippen LogP contribution >= 0.6 is 27.5 Å². The Hall–Kier alpha value is -3.37. The molecule has 33 heavy (non-hydrogen) atoms. The maximum Gasteiger partial charge on any atom is 0.335 e. The molecule has 0 saturated carbocycles. The van der Waals surface area contributed by atoms with Crippen LogP contribution in [0.25, 0.3) is 16.7 Å². The van der Waals surface area contributed by atoms with Gasteiger partial charge in [-0.25, -0.2) is 14.2 Å². The van der Waals surface area contributed by atoms with Crippen molar-refractivity contribution in [3.8, 4) is 11.6 Å². The molecule has 2 aromatic carbocycles. The Morgan fingerprint density at radius 3 is 2.27 bits per heavy atom. The summed E-state index contributed by atoms with van der Waals surface area (Å²) in [4.78, 5) is 43.9. The van der Waals surface area contributed by atoms with Crippen LogP contribution in [0.4, 0.5) is 5.69 Å². The Morgan fingerprint density at radius 1 is 1.06 bits per heavy atom. The average Bonchev–Trinajstić information content (AvgIpc) is 3.03. The van der Waals surface area contributed by atoms with Gasteiger partial charge in [-0.2, -0.15) is 0 Å². The maximum atomic E-state index is 12.6. The molecule has 11 heteroatoms. The number of benzene rings is 2. The fourth-order valence-electron chi connectivity index (χ4n) is 3.65. The van der Waals surface area contributed by atoms with Crippen molar-refractivity contribution in [3.63, 3.8) is 0 Å². The smallest absolute Gasteiger partial charge is 0.335 e. The van der Waals surface area contributed by atoms with Crippen molar-refractivity contribution in [3.05, 3.63) is 82.8 Å². The van der Waals surface area contributed by atoms with Crippen molar-refractivity contribution in [2.24, 2.45) is 4.99 Å². The van der Waals surface area contributed by atoms with Crippen LogP contribution in [0.3, 0.4) is 0 Å². The van der Waals surface area contributed by atoms with E-state index >= 15 is 0 Å². The van der Waals surface area contributed by atoms with Crippen molar-refractivity contribution >= 4 is 50.5 Å². The van der Waals surface area contributed by atoms with E-state index in [1.165, 1.54) is 18.3 Å². The summed E-state index contributed by atoms with van der Waals surface area (Å²) < 4.78 is 4.85. The molecule has 4 rings (SSSR count). The first-order valence-electron chi connectivity index (χ1n) is 10.1. The fraction of sp³-hybridized carbons (Fsp3) is 0.182. The largest absolute Gasteiger partial charge is 0.493 e.